The SMILES string of the molecule is CCN(CC)c1nc2ccc3[nH]ncc3c2c2c1CCCC2.Cc1[nH]ncc1-c1nc2ccc3n[nH]c(I)c3c2c2c1CCCC2.Cn1ncc(-c2nc3ccc4[nH]ncc4c3c3c2CCCC3)c1N.c1ccc(-c2[nH]ncc2-c2nc3ccc4[nH]ncc4c3c3c2CCCC3)cc1.c1ncc(-c2nc3ccc4[nH]ncc4c3c3c2CCCC3)[nH]1. The number of nitrogens with zero attached hydrogens (tertiary/aromatic N) is 16. The Hall–Kier alpha value is -13.1. The van der Waals surface area contributed by atoms with Gasteiger partial charge in [-0.2, -0.15) is 40.8 Å². The van der Waals surface area contributed by atoms with E-state index in [1.54, 1.807) is 11.0 Å². The molecule has 10 N–H and O–H groups in total. The van der Waals surface area contributed by atoms with Crippen LogP contribution in [-0.2, 0) is 71.3 Å². The minimum atomic E-state index is 0.666. The molecule has 14 aromatic heterocycles. The summed E-state index contributed by atoms with van der Waals surface area (Å²) in [5.41, 5.74) is 42.6. The van der Waals surface area contributed by atoms with E-state index in [-0.39, 0.29) is 0 Å². The van der Waals surface area contributed by atoms with Crippen molar-refractivity contribution < 1.29 is 0 Å². The van der Waals surface area contributed by atoms with Crippen molar-refractivity contribution in [3.05, 3.63) is 212 Å². The third kappa shape index (κ3) is 12.9. The Balaban J connectivity index is 0.0000000931. The molecule has 0 radical (unpaired) electrons. The van der Waals surface area contributed by atoms with E-state index >= 15 is 0 Å². The summed E-state index contributed by atoms with van der Waals surface area (Å²) in [4.78, 5) is 34.9. The molecule has 0 aliphatic heterocycles. The van der Waals surface area contributed by atoms with Gasteiger partial charge in [0.15, 0.2) is 0 Å². The molecule has 0 saturated carbocycles. The van der Waals surface area contributed by atoms with Crippen molar-refractivity contribution in [1.29, 1.82) is 0 Å². The fourth-order valence-corrected chi connectivity index (χ4v) is 20.5. The predicted octanol–water partition coefficient (Wildman–Crippen LogP) is 19.5. The van der Waals surface area contributed by atoms with E-state index in [0.717, 1.165) is 204 Å². The largest absolute Gasteiger partial charge is 0.383 e. The molecular weight excluding hydrogens is 1610 g/mol. The van der Waals surface area contributed by atoms with Crippen LogP contribution in [0.2, 0.25) is 0 Å². The molecular formula is C94H90IN25. The van der Waals surface area contributed by atoms with Crippen molar-refractivity contribution in [1.82, 2.24) is 116 Å². The zero-order chi connectivity index (χ0) is 80.6. The minimum Gasteiger partial charge on any atom is -0.383 e. The first kappa shape index (κ1) is 74.4. The lowest BCUT2D eigenvalue weighted by molar-refractivity contribution is 0.682. The summed E-state index contributed by atoms with van der Waals surface area (Å²) in [6.45, 7) is 8.50. The van der Waals surface area contributed by atoms with Gasteiger partial charge in [0.05, 0.1) is 151 Å². The monoisotopic (exact) mass is 1700 g/mol. The second-order valence-electron chi connectivity index (χ2n) is 32.3. The molecule has 0 fully saturated rings. The standard InChI is InChI=1S/C23H19N5.C18H16IN5.C18H18N6.C18H22N4.C17H15N5/c1-2-6-14(7-3-1)22-18(13-25-28-22)23-16-9-5-4-8-15(16)21-17-12-24-27-19(17)10-11-20(21)26-23;1-9-12(8-20-22-9)17-11-5-3-2-4-10(11)15-13(21-17)6-7-14-16(15)18(19)24-23-14;1-24-18(19)13(9-21-24)17-11-5-3-2-4-10(11)16-12-8-20-23-14(12)6-7-15(16)22-17;1-3-22(4-2)18-13-8-6-5-7-12(13)17-14-11-19-21-15(14)9-10-16(17)20-18;1-2-4-11-10(3-1)16-12-7-20-22-13(12)5-6-14(16)21-17(11)15-8-18-9-19-15/h1-3,6-7,10-13H,4-5,8-9H2,(H,24,27)(H,25,28);6-8H,2-5H2,1H3,(H,20,22)(H,23,24);6-9H,2-5,19H2,1H3,(H,20,23);9-11H,3-8H2,1-2H3,(H,19,21);5-9H,1-4H2,(H,18,19)(H,20,22). The Morgan fingerprint density at radius 2 is 0.783 bits per heavy atom. The van der Waals surface area contributed by atoms with Gasteiger partial charge in [-0.15, -0.1) is 0 Å². The van der Waals surface area contributed by atoms with Gasteiger partial charge in [-0.1, -0.05) is 30.3 Å². The molecule has 14 heterocycles. The Morgan fingerprint density at radius 1 is 0.383 bits per heavy atom. The van der Waals surface area contributed by atoms with Gasteiger partial charge in [-0.3, -0.25) is 40.4 Å². The van der Waals surface area contributed by atoms with Gasteiger partial charge in [-0.25, -0.2) is 29.9 Å². The lowest BCUT2D eigenvalue weighted by Gasteiger charge is -2.28. The molecule has 26 heteroatoms. The van der Waals surface area contributed by atoms with E-state index in [4.69, 9.17) is 30.7 Å². The van der Waals surface area contributed by atoms with Gasteiger partial charge in [0.1, 0.15) is 15.3 Å². The van der Waals surface area contributed by atoms with Crippen LogP contribution in [0.1, 0.15) is 139 Å². The molecule has 0 unspecified atom stereocenters. The number of anilines is 2. The van der Waals surface area contributed by atoms with Crippen LogP contribution in [0.4, 0.5) is 11.6 Å². The van der Waals surface area contributed by atoms with E-state index in [9.17, 15) is 0 Å². The third-order valence-corrected chi connectivity index (χ3v) is 26.4. The highest BCUT2D eigenvalue weighted by Crippen LogP contribution is 2.46. The van der Waals surface area contributed by atoms with Crippen molar-refractivity contribution in [2.45, 2.75) is 149 Å². The number of rotatable bonds is 8. The van der Waals surface area contributed by atoms with Crippen molar-refractivity contribution in [3.8, 4) is 56.4 Å². The number of pyridine rings is 5. The van der Waals surface area contributed by atoms with Crippen LogP contribution in [0.5, 0.6) is 0 Å². The van der Waals surface area contributed by atoms with Crippen LogP contribution in [-0.4, -0.2) is 129 Å². The number of imidazole rings is 1. The first-order chi connectivity index (χ1) is 59.1. The molecule has 0 spiro atoms. The highest BCUT2D eigenvalue weighted by atomic mass is 127. The van der Waals surface area contributed by atoms with Crippen LogP contribution in [0, 0.1) is 10.6 Å². The smallest absolute Gasteiger partial charge is 0.132 e. The lowest BCUT2D eigenvalue weighted by atomic mass is 9.85. The lowest BCUT2D eigenvalue weighted by Crippen LogP contribution is -2.26. The van der Waals surface area contributed by atoms with E-state index in [1.807, 2.05) is 68.8 Å². The zero-order valence-electron chi connectivity index (χ0n) is 67.5. The molecule has 0 atom stereocenters. The fraction of sp³-hybridized carbons (Fsp3) is 0.277. The van der Waals surface area contributed by atoms with Gasteiger partial charge >= 0.3 is 0 Å². The molecule has 20 aromatic rings. The van der Waals surface area contributed by atoms with Crippen LogP contribution >= 0.6 is 22.6 Å². The number of nitrogens with two attached hydrogens (primary N) is 1. The molecule has 25 rings (SSSR count). The molecule has 0 bridgehead atoms. The number of hydrogen-bond acceptors (Lipinski definition) is 16. The highest BCUT2D eigenvalue weighted by Gasteiger charge is 2.30. The van der Waals surface area contributed by atoms with Crippen LogP contribution in [0.25, 0.3) is 165 Å². The van der Waals surface area contributed by atoms with E-state index in [2.05, 4.69) is 214 Å². The van der Waals surface area contributed by atoms with E-state index in [0.29, 0.717) is 5.82 Å². The third-order valence-electron chi connectivity index (χ3n) is 25.6. The number of halogens is 1. The number of benzene rings is 6. The molecule has 6 aromatic carbocycles. The highest BCUT2D eigenvalue weighted by molar-refractivity contribution is 14.1. The molecule has 0 saturated heterocycles. The maximum absolute atomic E-state index is 6.23. The number of aryl methyl sites for hydroxylation is 7. The topological polar surface area (TPSA) is 341 Å². The Labute approximate surface area is 703 Å². The second-order valence-corrected chi connectivity index (χ2v) is 33.4. The van der Waals surface area contributed by atoms with Crippen molar-refractivity contribution in [3.63, 3.8) is 0 Å². The van der Waals surface area contributed by atoms with E-state index < -0.39 is 0 Å². The molecule has 598 valence electrons. The first-order valence-electron chi connectivity index (χ1n) is 42.3. The second kappa shape index (κ2) is 31.3. The van der Waals surface area contributed by atoms with Crippen molar-refractivity contribution >= 4 is 143 Å². The summed E-state index contributed by atoms with van der Waals surface area (Å²) in [6.07, 6.45) is 40.2. The summed E-state index contributed by atoms with van der Waals surface area (Å²) < 4.78 is 2.80. The number of H-pyrrole nitrogens is 8. The summed E-state index contributed by atoms with van der Waals surface area (Å²) in [5.74, 6) is 1.87. The van der Waals surface area contributed by atoms with Crippen molar-refractivity contribution in [2.75, 3.05) is 23.7 Å². The van der Waals surface area contributed by atoms with E-state index in [1.165, 1.54) is 174 Å². The van der Waals surface area contributed by atoms with Crippen LogP contribution in [0.3, 0.4) is 0 Å². The molecule has 120 heavy (non-hydrogen) atoms. The van der Waals surface area contributed by atoms with Gasteiger partial charge in [0.25, 0.3) is 0 Å². The molecule has 5 aliphatic carbocycles. The summed E-state index contributed by atoms with van der Waals surface area (Å²) in [7, 11) is 1.86. The van der Waals surface area contributed by atoms with Crippen molar-refractivity contribution in [2.24, 2.45) is 7.05 Å². The van der Waals surface area contributed by atoms with Gasteiger partial charge in [-0.05, 0) is 288 Å². The zero-order valence-corrected chi connectivity index (χ0v) is 69.7. The van der Waals surface area contributed by atoms with Gasteiger partial charge in [0.2, 0.25) is 0 Å². The maximum atomic E-state index is 6.23. The average molecular weight is 1700 g/mol. The number of nitrogens with one attached hydrogen (secondary N) is 8. The number of fused-ring (bicyclic) bond motifs is 25. The number of hydrogen-bond donors (Lipinski definition) is 9. The molecule has 25 nitrogen and oxygen atoms in total. The molecule has 0 amide bonds. The quantitative estimate of drug-likeness (QED) is 0.0638. The number of nitrogen functional groups attached to an aromatic ring is 1. The van der Waals surface area contributed by atoms with Crippen LogP contribution < -0.4 is 10.6 Å². The summed E-state index contributed by atoms with van der Waals surface area (Å²) >= 11 is 2.34. The van der Waals surface area contributed by atoms with Crippen LogP contribution in [0.15, 0.2) is 147 Å². The van der Waals surface area contributed by atoms with Gasteiger partial charge < -0.3 is 15.6 Å². The Morgan fingerprint density at radius 3 is 1.25 bits per heavy atom. The fourth-order valence-electron chi connectivity index (χ4n) is 19.8. The average Bonchev–Trinajstić information content (AvgIpc) is 1.53. The summed E-state index contributed by atoms with van der Waals surface area (Å²) in [5, 5.41) is 68.2. The Kier molecular flexibility index (Phi) is 19.4. The summed E-state index contributed by atoms with van der Waals surface area (Å²) in [6, 6.07) is 31.2. The number of aromatic amines is 8. The Bertz CT molecular complexity index is 7310. The maximum Gasteiger partial charge on any atom is 0.132 e. The minimum absolute atomic E-state index is 0.666. The van der Waals surface area contributed by atoms with Gasteiger partial charge in [0, 0.05) is 96.4 Å². The number of aromatic nitrogens is 23. The first-order valence-corrected chi connectivity index (χ1v) is 43.4. The molecule has 5 aliphatic rings. The normalized spacial score (nSPS) is 14.3. The predicted molar refractivity (Wildman–Crippen MR) is 486 cm³/mol.